The van der Waals surface area contributed by atoms with Crippen molar-refractivity contribution >= 4 is 27.8 Å². The van der Waals surface area contributed by atoms with Gasteiger partial charge in [0.15, 0.2) is 0 Å². The third-order valence-electron chi connectivity index (χ3n) is 6.00. The van der Waals surface area contributed by atoms with Gasteiger partial charge in [0.1, 0.15) is 0 Å². The molecule has 2 amide bonds. The lowest BCUT2D eigenvalue weighted by molar-refractivity contribution is -0.310. The first-order valence-electron chi connectivity index (χ1n) is 10.5. The number of benzene rings is 1. The van der Waals surface area contributed by atoms with Gasteiger partial charge in [0, 0.05) is 25.6 Å². The van der Waals surface area contributed by atoms with Crippen LogP contribution in [0.4, 0.5) is 0 Å². The Morgan fingerprint density at radius 2 is 1.68 bits per heavy atom. The summed E-state index contributed by atoms with van der Waals surface area (Å²) >= 11 is 0. The molecule has 9 nitrogen and oxygen atoms in total. The number of hydrogen-bond acceptors (Lipinski definition) is 6. The van der Waals surface area contributed by atoms with Gasteiger partial charge in [-0.05, 0) is 51.7 Å². The maximum atomic E-state index is 12.8. The molecule has 0 spiro atoms. The highest BCUT2D eigenvalue weighted by Gasteiger charge is 2.36. The van der Waals surface area contributed by atoms with E-state index in [4.69, 9.17) is 0 Å². The summed E-state index contributed by atoms with van der Waals surface area (Å²) < 4.78 is 27.5. The van der Waals surface area contributed by atoms with Crippen LogP contribution in [0.2, 0.25) is 0 Å². The Morgan fingerprint density at radius 3 is 2.26 bits per heavy atom. The zero-order chi connectivity index (χ0) is 22.8. The van der Waals surface area contributed by atoms with Crippen molar-refractivity contribution in [1.82, 2.24) is 14.5 Å². The number of nitrogens with one attached hydrogen (secondary N) is 1. The zero-order valence-corrected chi connectivity index (χ0v) is 18.6. The molecule has 0 aliphatic carbocycles. The molecule has 0 radical (unpaired) electrons. The Balaban J connectivity index is 1.55. The fourth-order valence-electron chi connectivity index (χ4n) is 4.20. The van der Waals surface area contributed by atoms with Gasteiger partial charge in [-0.15, -0.1) is 0 Å². The molecule has 2 aliphatic rings. The molecular formula is C21H28N3O6S-. The van der Waals surface area contributed by atoms with Crippen molar-refractivity contribution in [3.8, 4) is 0 Å². The minimum absolute atomic E-state index is 0.0927. The first-order chi connectivity index (χ1) is 14.6. The van der Waals surface area contributed by atoms with Crippen LogP contribution in [0.1, 0.15) is 38.2 Å². The van der Waals surface area contributed by atoms with Crippen LogP contribution in [0.5, 0.6) is 0 Å². The summed E-state index contributed by atoms with van der Waals surface area (Å²) in [5.74, 6) is -2.13. The van der Waals surface area contributed by atoms with Gasteiger partial charge in [-0.1, -0.05) is 17.7 Å². The lowest BCUT2D eigenvalue weighted by Gasteiger charge is -2.36. The van der Waals surface area contributed by atoms with E-state index in [0.717, 1.165) is 5.56 Å². The highest BCUT2D eigenvalue weighted by Crippen LogP contribution is 2.25. The number of carboxylic acids is 1. The van der Waals surface area contributed by atoms with E-state index in [2.05, 4.69) is 4.72 Å². The summed E-state index contributed by atoms with van der Waals surface area (Å²) in [7, 11) is -3.83. The van der Waals surface area contributed by atoms with E-state index in [9.17, 15) is 27.9 Å². The molecule has 2 atom stereocenters. The van der Waals surface area contributed by atoms with Crippen LogP contribution < -0.4 is 9.83 Å². The predicted molar refractivity (Wildman–Crippen MR) is 110 cm³/mol. The molecule has 1 aromatic carbocycles. The highest BCUT2D eigenvalue weighted by atomic mass is 32.2. The number of piperidine rings is 1. The van der Waals surface area contributed by atoms with E-state index in [-0.39, 0.29) is 22.6 Å². The fourth-order valence-corrected chi connectivity index (χ4v) is 5.40. The van der Waals surface area contributed by atoms with Gasteiger partial charge in [0.25, 0.3) is 0 Å². The molecule has 0 saturated carbocycles. The number of likely N-dealkylation sites (tertiary alicyclic amines) is 2. The molecule has 2 saturated heterocycles. The average molecular weight is 451 g/mol. The number of carbonyl (C=O) groups excluding carboxylic acids is 3. The van der Waals surface area contributed by atoms with Crippen LogP contribution in [0.3, 0.4) is 0 Å². The molecule has 0 unspecified atom stereocenters. The van der Waals surface area contributed by atoms with Gasteiger partial charge < -0.3 is 19.7 Å². The number of amides is 2. The number of rotatable bonds is 6. The summed E-state index contributed by atoms with van der Waals surface area (Å²) in [5, 5.41) is 11.2. The number of sulfonamides is 1. The van der Waals surface area contributed by atoms with E-state index < -0.39 is 28.1 Å². The summed E-state index contributed by atoms with van der Waals surface area (Å²) in [6.45, 7) is 4.40. The number of carboxylic acid groups (broad SMARTS) is 1. The third kappa shape index (κ3) is 5.24. The van der Waals surface area contributed by atoms with Gasteiger partial charge in [-0.3, -0.25) is 9.59 Å². The molecule has 3 rings (SSSR count). The van der Waals surface area contributed by atoms with Crippen molar-refractivity contribution < 1.29 is 27.9 Å². The maximum absolute atomic E-state index is 12.8. The summed E-state index contributed by atoms with van der Waals surface area (Å²) in [6.07, 6.45) is 1.88. The van der Waals surface area contributed by atoms with Crippen LogP contribution in [-0.2, 0) is 24.4 Å². The zero-order valence-electron chi connectivity index (χ0n) is 17.7. The molecule has 170 valence electrons. The van der Waals surface area contributed by atoms with Gasteiger partial charge in [0.05, 0.1) is 22.9 Å². The number of aryl methyl sites for hydroxylation is 1. The van der Waals surface area contributed by atoms with E-state index in [1.165, 1.54) is 24.0 Å². The molecule has 1 aromatic rings. The number of nitrogens with zero attached hydrogens (tertiary/aromatic N) is 2. The molecule has 2 aliphatic heterocycles. The average Bonchev–Trinajstić information content (AvgIpc) is 3.23. The Kier molecular flexibility index (Phi) is 7.00. The molecule has 2 fully saturated rings. The lowest BCUT2D eigenvalue weighted by atomic mass is 9.94. The van der Waals surface area contributed by atoms with Crippen molar-refractivity contribution in [3.63, 3.8) is 0 Å². The number of carbonyl (C=O) groups is 3. The lowest BCUT2D eigenvalue weighted by Crippen LogP contribution is -2.52. The van der Waals surface area contributed by atoms with Gasteiger partial charge in [-0.25, -0.2) is 8.42 Å². The van der Waals surface area contributed by atoms with E-state index in [1.807, 2.05) is 6.92 Å². The fraction of sp³-hybridized carbons (Fsp3) is 0.571. The van der Waals surface area contributed by atoms with Gasteiger partial charge in [0.2, 0.25) is 21.8 Å². The van der Waals surface area contributed by atoms with Crippen LogP contribution in [0.25, 0.3) is 0 Å². The summed E-state index contributed by atoms with van der Waals surface area (Å²) in [6, 6.07) is 4.54. The largest absolute Gasteiger partial charge is 0.548 e. The SMILES string of the molecule is Cc1ccc(S(=O)(=O)N[C@@H](C)C(=O)N2CCC(C(=O)N3CCC[C@@H]3C(=O)[O-])CC2)cc1. The normalized spacial score (nSPS) is 21.2. The summed E-state index contributed by atoms with van der Waals surface area (Å²) in [5.41, 5.74) is 0.931. The standard InChI is InChI=1S/C21H29N3O6S/c1-14-5-7-17(8-6-14)31(29,30)22-15(2)19(25)23-12-9-16(10-13-23)20(26)24-11-3-4-18(24)21(27)28/h5-8,15-16,18,22H,3-4,9-13H2,1-2H3,(H,27,28)/p-1/t15-,18+/m0/s1. The second-order valence-corrected chi connectivity index (χ2v) is 9.98. The van der Waals surface area contributed by atoms with E-state index in [1.54, 1.807) is 17.0 Å². The third-order valence-corrected chi connectivity index (χ3v) is 7.55. The second kappa shape index (κ2) is 9.35. The Labute approximate surface area is 182 Å². The highest BCUT2D eigenvalue weighted by molar-refractivity contribution is 7.89. The molecule has 0 bridgehead atoms. The molecule has 31 heavy (non-hydrogen) atoms. The molecular weight excluding hydrogens is 422 g/mol. The quantitative estimate of drug-likeness (QED) is 0.631. The van der Waals surface area contributed by atoms with Gasteiger partial charge >= 0.3 is 0 Å². The van der Waals surface area contributed by atoms with Crippen LogP contribution in [-0.4, -0.2) is 67.7 Å². The smallest absolute Gasteiger partial charge is 0.241 e. The molecule has 1 N–H and O–H groups in total. The minimum Gasteiger partial charge on any atom is -0.548 e. The second-order valence-electron chi connectivity index (χ2n) is 8.26. The molecule has 0 aromatic heterocycles. The topological polar surface area (TPSA) is 127 Å². The van der Waals surface area contributed by atoms with E-state index in [0.29, 0.717) is 45.3 Å². The van der Waals surface area contributed by atoms with E-state index >= 15 is 0 Å². The predicted octanol–water partition coefficient (Wildman–Crippen LogP) is -0.359. The first-order valence-corrected chi connectivity index (χ1v) is 12.0. The minimum atomic E-state index is -3.83. The monoisotopic (exact) mass is 450 g/mol. The molecule has 10 heteroatoms. The first kappa shape index (κ1) is 23.2. The van der Waals surface area contributed by atoms with Crippen molar-refractivity contribution in [3.05, 3.63) is 29.8 Å². The Bertz CT molecular complexity index is 938. The van der Waals surface area contributed by atoms with Crippen LogP contribution in [0, 0.1) is 12.8 Å². The molecule has 2 heterocycles. The number of aliphatic carboxylic acids is 1. The van der Waals surface area contributed by atoms with Crippen molar-refractivity contribution in [2.45, 2.75) is 56.5 Å². The Morgan fingerprint density at radius 1 is 1.06 bits per heavy atom. The van der Waals surface area contributed by atoms with Crippen LogP contribution >= 0.6 is 0 Å². The number of hydrogen-bond donors (Lipinski definition) is 1. The van der Waals surface area contributed by atoms with Crippen molar-refractivity contribution in [2.75, 3.05) is 19.6 Å². The van der Waals surface area contributed by atoms with Gasteiger partial charge in [-0.2, -0.15) is 4.72 Å². The van der Waals surface area contributed by atoms with Crippen LogP contribution in [0.15, 0.2) is 29.2 Å². The van der Waals surface area contributed by atoms with Crippen molar-refractivity contribution in [2.24, 2.45) is 5.92 Å². The maximum Gasteiger partial charge on any atom is 0.241 e. The Hall–Kier alpha value is -2.46. The van der Waals surface area contributed by atoms with Crippen molar-refractivity contribution in [1.29, 1.82) is 0 Å². The summed E-state index contributed by atoms with van der Waals surface area (Å²) in [4.78, 5) is 39.7.